The molecule has 0 atom stereocenters. The molecule has 0 bridgehead atoms. The predicted molar refractivity (Wildman–Crippen MR) is 96.9 cm³/mol. The molecule has 1 fully saturated rings. The van der Waals surface area contributed by atoms with Crippen molar-refractivity contribution in [2.24, 2.45) is 10.4 Å². The molecule has 0 radical (unpaired) electrons. The van der Waals surface area contributed by atoms with Gasteiger partial charge in [0.05, 0.1) is 0 Å². The van der Waals surface area contributed by atoms with Crippen LogP contribution in [0.2, 0.25) is 0 Å². The Kier molecular flexibility index (Phi) is 6.46. The topological polar surface area (TPSA) is 45.7 Å². The zero-order valence-corrected chi connectivity index (χ0v) is 15.0. The van der Waals surface area contributed by atoms with E-state index in [1.165, 1.54) is 36.0 Å². The Morgan fingerprint density at radius 3 is 2.61 bits per heavy atom. The van der Waals surface area contributed by atoms with Crippen molar-refractivity contribution in [3.8, 4) is 0 Å². The van der Waals surface area contributed by atoms with Crippen molar-refractivity contribution in [2.75, 3.05) is 27.3 Å². The van der Waals surface area contributed by atoms with Gasteiger partial charge in [0.1, 0.15) is 0 Å². The first-order chi connectivity index (χ1) is 11.1. The molecule has 0 aliphatic heterocycles. The fraction of sp³-hybridized carbons (Fsp3) is 0.632. The number of benzene rings is 1. The standard InChI is InChI=1S/C19H31N3O/c1-15-6-7-17(16(2)12-15)13-21-18(20-3)22-14-19(8-5-9-19)10-11-23-4/h6-7,12H,5,8-11,13-14H2,1-4H3,(H2,20,21,22). The first-order valence-corrected chi connectivity index (χ1v) is 8.58. The number of hydrogen-bond acceptors (Lipinski definition) is 2. The highest BCUT2D eigenvalue weighted by Crippen LogP contribution is 2.43. The third kappa shape index (κ3) is 4.96. The maximum Gasteiger partial charge on any atom is 0.191 e. The van der Waals surface area contributed by atoms with E-state index in [1.807, 2.05) is 7.05 Å². The molecule has 4 nitrogen and oxygen atoms in total. The maximum absolute atomic E-state index is 5.26. The van der Waals surface area contributed by atoms with Gasteiger partial charge in [0.25, 0.3) is 0 Å². The molecule has 23 heavy (non-hydrogen) atoms. The van der Waals surface area contributed by atoms with Crippen molar-refractivity contribution < 1.29 is 4.74 Å². The summed E-state index contributed by atoms with van der Waals surface area (Å²) in [6.45, 7) is 6.91. The zero-order chi connectivity index (χ0) is 16.7. The predicted octanol–water partition coefficient (Wildman–Crippen LogP) is 3.18. The summed E-state index contributed by atoms with van der Waals surface area (Å²) >= 11 is 0. The van der Waals surface area contributed by atoms with E-state index in [-0.39, 0.29) is 0 Å². The van der Waals surface area contributed by atoms with Gasteiger partial charge in [-0.1, -0.05) is 30.2 Å². The van der Waals surface area contributed by atoms with Gasteiger partial charge < -0.3 is 15.4 Å². The molecule has 2 N–H and O–H groups in total. The lowest BCUT2D eigenvalue weighted by molar-refractivity contribution is 0.0732. The van der Waals surface area contributed by atoms with Crippen molar-refractivity contribution in [1.82, 2.24) is 10.6 Å². The SMILES string of the molecule is CN=C(NCc1ccc(C)cc1C)NCC1(CCOC)CCC1. The first-order valence-electron chi connectivity index (χ1n) is 8.58. The largest absolute Gasteiger partial charge is 0.385 e. The van der Waals surface area contributed by atoms with Crippen LogP contribution in [0.1, 0.15) is 42.4 Å². The molecule has 0 aromatic heterocycles. The van der Waals surface area contributed by atoms with Crippen LogP contribution in [0, 0.1) is 19.3 Å². The van der Waals surface area contributed by atoms with Crippen LogP contribution in [0.15, 0.2) is 23.2 Å². The molecule has 1 aromatic carbocycles. The Labute approximate surface area is 140 Å². The van der Waals surface area contributed by atoms with Crippen molar-refractivity contribution in [2.45, 2.75) is 46.1 Å². The van der Waals surface area contributed by atoms with Gasteiger partial charge in [-0.3, -0.25) is 4.99 Å². The van der Waals surface area contributed by atoms with Crippen molar-refractivity contribution in [3.63, 3.8) is 0 Å². The summed E-state index contributed by atoms with van der Waals surface area (Å²) in [6.07, 6.45) is 5.04. The lowest BCUT2D eigenvalue weighted by Crippen LogP contribution is -2.46. The van der Waals surface area contributed by atoms with Gasteiger partial charge >= 0.3 is 0 Å². The smallest absolute Gasteiger partial charge is 0.191 e. The zero-order valence-electron chi connectivity index (χ0n) is 15.0. The van der Waals surface area contributed by atoms with Crippen LogP contribution in [-0.4, -0.2) is 33.3 Å². The number of ether oxygens (including phenoxy) is 1. The molecule has 0 unspecified atom stereocenters. The van der Waals surface area contributed by atoms with E-state index in [1.54, 1.807) is 7.11 Å². The molecule has 1 aliphatic carbocycles. The van der Waals surface area contributed by atoms with Crippen molar-refractivity contribution >= 4 is 5.96 Å². The van der Waals surface area contributed by atoms with Crippen LogP contribution in [0.4, 0.5) is 0 Å². The van der Waals surface area contributed by atoms with Crippen LogP contribution in [0.25, 0.3) is 0 Å². The van der Waals surface area contributed by atoms with Crippen LogP contribution in [-0.2, 0) is 11.3 Å². The number of guanidine groups is 1. The van der Waals surface area contributed by atoms with Crippen molar-refractivity contribution in [1.29, 1.82) is 0 Å². The number of nitrogens with zero attached hydrogens (tertiary/aromatic N) is 1. The average Bonchev–Trinajstić information content (AvgIpc) is 2.50. The number of aryl methyl sites for hydroxylation is 2. The highest BCUT2D eigenvalue weighted by atomic mass is 16.5. The molecule has 128 valence electrons. The van der Waals surface area contributed by atoms with Gasteiger partial charge in [-0.25, -0.2) is 0 Å². The number of rotatable bonds is 7. The van der Waals surface area contributed by atoms with Gasteiger partial charge in [-0.15, -0.1) is 0 Å². The second-order valence-electron chi connectivity index (χ2n) is 6.81. The summed E-state index contributed by atoms with van der Waals surface area (Å²) in [6, 6.07) is 6.58. The quantitative estimate of drug-likeness (QED) is 0.600. The Balaban J connectivity index is 1.83. The highest BCUT2D eigenvalue weighted by Gasteiger charge is 2.36. The Bertz CT molecular complexity index is 535. The molecule has 1 aromatic rings. The van der Waals surface area contributed by atoms with Crippen molar-refractivity contribution in [3.05, 3.63) is 34.9 Å². The first kappa shape index (κ1) is 17.8. The van der Waals surface area contributed by atoms with Gasteiger partial charge in [-0.05, 0) is 49.7 Å². The van der Waals surface area contributed by atoms with Gasteiger partial charge in [0, 0.05) is 33.9 Å². The number of nitrogens with one attached hydrogen (secondary N) is 2. The number of hydrogen-bond donors (Lipinski definition) is 2. The van der Waals surface area contributed by atoms with E-state index in [0.29, 0.717) is 5.41 Å². The fourth-order valence-electron chi connectivity index (χ4n) is 3.23. The Hall–Kier alpha value is -1.55. The second-order valence-corrected chi connectivity index (χ2v) is 6.81. The van der Waals surface area contributed by atoms with Crippen LogP contribution >= 0.6 is 0 Å². The maximum atomic E-state index is 5.26. The normalized spacial score (nSPS) is 16.8. The van der Waals surface area contributed by atoms with E-state index < -0.39 is 0 Å². The van der Waals surface area contributed by atoms with Crippen LogP contribution < -0.4 is 10.6 Å². The molecule has 0 amide bonds. The molecule has 2 rings (SSSR count). The molecule has 0 spiro atoms. The summed E-state index contributed by atoms with van der Waals surface area (Å²) < 4.78 is 5.26. The third-order valence-electron chi connectivity index (χ3n) is 5.05. The van der Waals surface area contributed by atoms with E-state index in [4.69, 9.17) is 4.74 Å². The summed E-state index contributed by atoms with van der Waals surface area (Å²) in [4.78, 5) is 4.36. The van der Waals surface area contributed by atoms with Crippen LogP contribution in [0.5, 0.6) is 0 Å². The molecular formula is C19H31N3O. The van der Waals surface area contributed by atoms with Gasteiger partial charge in [0.15, 0.2) is 5.96 Å². The second kappa shape index (κ2) is 8.34. The van der Waals surface area contributed by atoms with E-state index in [2.05, 4.69) is 47.7 Å². The van der Waals surface area contributed by atoms with E-state index in [0.717, 1.165) is 32.1 Å². The average molecular weight is 317 g/mol. The summed E-state index contributed by atoms with van der Waals surface area (Å²) in [5.41, 5.74) is 4.34. The molecule has 0 saturated heterocycles. The highest BCUT2D eigenvalue weighted by molar-refractivity contribution is 5.79. The molecule has 1 saturated carbocycles. The minimum absolute atomic E-state index is 0.396. The van der Waals surface area contributed by atoms with E-state index in [9.17, 15) is 0 Å². The number of methoxy groups -OCH3 is 1. The summed E-state index contributed by atoms with van der Waals surface area (Å²) in [5, 5.41) is 6.94. The lowest BCUT2D eigenvalue weighted by atomic mass is 9.67. The van der Waals surface area contributed by atoms with Crippen LogP contribution in [0.3, 0.4) is 0 Å². The van der Waals surface area contributed by atoms with Gasteiger partial charge in [-0.2, -0.15) is 0 Å². The monoisotopic (exact) mass is 317 g/mol. The summed E-state index contributed by atoms with van der Waals surface area (Å²) in [7, 11) is 3.62. The van der Waals surface area contributed by atoms with Gasteiger partial charge in [0.2, 0.25) is 0 Å². The Morgan fingerprint density at radius 2 is 2.04 bits per heavy atom. The Morgan fingerprint density at radius 1 is 1.26 bits per heavy atom. The minimum atomic E-state index is 0.396. The lowest BCUT2D eigenvalue weighted by Gasteiger charge is -2.42. The number of aliphatic imine (C=N–C) groups is 1. The third-order valence-corrected chi connectivity index (χ3v) is 5.05. The fourth-order valence-corrected chi connectivity index (χ4v) is 3.23. The molecule has 0 heterocycles. The molecular weight excluding hydrogens is 286 g/mol. The van der Waals surface area contributed by atoms with E-state index >= 15 is 0 Å². The molecule has 4 heteroatoms. The summed E-state index contributed by atoms with van der Waals surface area (Å²) in [5.74, 6) is 0.883. The molecule has 1 aliphatic rings. The minimum Gasteiger partial charge on any atom is -0.385 e.